The Morgan fingerprint density at radius 1 is 0.844 bits per heavy atom. The van der Waals surface area contributed by atoms with Crippen molar-refractivity contribution in [1.82, 2.24) is 10.6 Å². The van der Waals surface area contributed by atoms with Crippen LogP contribution in [0.25, 0.3) is 11.1 Å². The van der Waals surface area contributed by atoms with E-state index in [2.05, 4.69) is 10.6 Å². The zero-order valence-electron chi connectivity index (χ0n) is 17.5. The van der Waals surface area contributed by atoms with E-state index in [9.17, 15) is 14.4 Å². The van der Waals surface area contributed by atoms with Crippen molar-refractivity contribution in [2.75, 3.05) is 5.73 Å². The van der Waals surface area contributed by atoms with Crippen LogP contribution in [-0.2, 0) is 16.1 Å². The summed E-state index contributed by atoms with van der Waals surface area (Å²) < 4.78 is 0. The van der Waals surface area contributed by atoms with Gasteiger partial charge in [-0.1, -0.05) is 54.6 Å². The normalized spacial score (nSPS) is 11.4. The molecular formula is C25H25N3O4. The first-order valence-electron chi connectivity index (χ1n) is 10.2. The van der Waals surface area contributed by atoms with Crippen molar-refractivity contribution in [3.05, 3.63) is 90.0 Å². The summed E-state index contributed by atoms with van der Waals surface area (Å²) in [4.78, 5) is 36.4. The minimum atomic E-state index is -1.04. The molecule has 0 saturated carbocycles. The quantitative estimate of drug-likeness (QED) is 0.388. The van der Waals surface area contributed by atoms with E-state index in [-0.39, 0.29) is 19.4 Å². The van der Waals surface area contributed by atoms with E-state index in [1.807, 2.05) is 42.5 Å². The van der Waals surface area contributed by atoms with Crippen LogP contribution < -0.4 is 16.4 Å². The summed E-state index contributed by atoms with van der Waals surface area (Å²) in [5.74, 6) is -1.93. The number of aliphatic carboxylic acids is 1. The fraction of sp³-hybridized carbons (Fsp3) is 0.160. The highest BCUT2D eigenvalue weighted by atomic mass is 16.4. The molecule has 0 unspecified atom stereocenters. The van der Waals surface area contributed by atoms with Gasteiger partial charge < -0.3 is 21.5 Å². The van der Waals surface area contributed by atoms with Crippen LogP contribution in [0.5, 0.6) is 0 Å². The van der Waals surface area contributed by atoms with E-state index in [1.165, 1.54) is 0 Å². The summed E-state index contributed by atoms with van der Waals surface area (Å²) in [7, 11) is 0. The number of anilines is 1. The van der Waals surface area contributed by atoms with Gasteiger partial charge in [0.1, 0.15) is 6.04 Å². The lowest BCUT2D eigenvalue weighted by Gasteiger charge is -2.18. The molecule has 3 rings (SSSR count). The molecule has 2 amide bonds. The fourth-order valence-electron chi connectivity index (χ4n) is 3.17. The second kappa shape index (κ2) is 10.8. The minimum Gasteiger partial charge on any atom is -0.481 e. The summed E-state index contributed by atoms with van der Waals surface area (Å²) >= 11 is 0. The number of hydrogen-bond acceptors (Lipinski definition) is 4. The largest absolute Gasteiger partial charge is 0.481 e. The van der Waals surface area contributed by atoms with Gasteiger partial charge in [-0.2, -0.15) is 0 Å². The number of carboxylic acids is 1. The van der Waals surface area contributed by atoms with Crippen molar-refractivity contribution < 1.29 is 19.5 Å². The first-order chi connectivity index (χ1) is 15.4. The van der Waals surface area contributed by atoms with Crippen molar-refractivity contribution in [1.29, 1.82) is 0 Å². The third kappa shape index (κ3) is 6.43. The molecule has 0 radical (unpaired) electrons. The molecule has 5 N–H and O–H groups in total. The number of carbonyl (C=O) groups is 3. The van der Waals surface area contributed by atoms with E-state index in [4.69, 9.17) is 10.8 Å². The number of nitrogens with two attached hydrogens (primary N) is 1. The smallest absolute Gasteiger partial charge is 0.303 e. The fourth-order valence-corrected chi connectivity index (χ4v) is 3.17. The Morgan fingerprint density at radius 2 is 1.47 bits per heavy atom. The summed E-state index contributed by atoms with van der Waals surface area (Å²) in [6.07, 6.45) is -0.260. The molecule has 164 valence electrons. The Labute approximate surface area is 186 Å². The van der Waals surface area contributed by atoms with Crippen LogP contribution in [-0.4, -0.2) is 28.9 Å². The molecule has 0 fully saturated rings. The summed E-state index contributed by atoms with van der Waals surface area (Å²) in [6, 6.07) is 22.8. The number of nitrogens with one attached hydrogen (secondary N) is 2. The lowest BCUT2D eigenvalue weighted by Crippen LogP contribution is -2.46. The Kier molecular flexibility index (Phi) is 7.59. The first-order valence-corrected chi connectivity index (χ1v) is 10.2. The Hall–Kier alpha value is -4.13. The highest BCUT2D eigenvalue weighted by Crippen LogP contribution is 2.19. The third-order valence-electron chi connectivity index (χ3n) is 4.97. The first kappa shape index (κ1) is 22.6. The molecule has 0 aliphatic rings. The van der Waals surface area contributed by atoms with Crippen molar-refractivity contribution in [2.45, 2.75) is 25.4 Å². The molecule has 0 aliphatic heterocycles. The van der Waals surface area contributed by atoms with E-state index in [0.717, 1.165) is 16.7 Å². The van der Waals surface area contributed by atoms with Crippen molar-refractivity contribution in [2.24, 2.45) is 0 Å². The zero-order chi connectivity index (χ0) is 22.9. The van der Waals surface area contributed by atoms with Crippen LogP contribution in [0.15, 0.2) is 78.9 Å². The second-order valence-electron chi connectivity index (χ2n) is 7.36. The highest BCUT2D eigenvalue weighted by molar-refractivity contribution is 5.98. The predicted octanol–water partition coefficient (Wildman–Crippen LogP) is 3.22. The maximum absolute atomic E-state index is 12.7. The monoisotopic (exact) mass is 431 g/mol. The molecular weight excluding hydrogens is 406 g/mol. The molecule has 7 heteroatoms. The standard InChI is InChI=1S/C25H25N3O4/c26-21-12-6-17(7-13-21)16-27-25(32)22(14-15-23(29)30)28-24(31)20-10-8-19(9-11-20)18-4-2-1-3-5-18/h1-13,22H,14-16,26H2,(H,27,32)(H,28,31)(H,29,30)/t22-/m0/s1. The number of carboxylic acid groups (broad SMARTS) is 1. The summed E-state index contributed by atoms with van der Waals surface area (Å²) in [5, 5.41) is 14.4. The van der Waals surface area contributed by atoms with Crippen molar-refractivity contribution >= 4 is 23.5 Å². The molecule has 0 aliphatic carbocycles. The van der Waals surface area contributed by atoms with Gasteiger partial charge in [-0.3, -0.25) is 14.4 Å². The van der Waals surface area contributed by atoms with Gasteiger partial charge in [-0.05, 0) is 47.4 Å². The Morgan fingerprint density at radius 3 is 2.09 bits per heavy atom. The maximum atomic E-state index is 12.7. The van der Waals surface area contributed by atoms with Crippen LogP contribution in [0.3, 0.4) is 0 Å². The Bertz CT molecular complexity index is 1060. The predicted molar refractivity (Wildman–Crippen MR) is 123 cm³/mol. The Balaban J connectivity index is 1.65. The maximum Gasteiger partial charge on any atom is 0.303 e. The van der Waals surface area contributed by atoms with Gasteiger partial charge >= 0.3 is 5.97 Å². The summed E-state index contributed by atoms with van der Waals surface area (Å²) in [5.41, 5.74) is 9.49. The van der Waals surface area contributed by atoms with Gasteiger partial charge in [0.25, 0.3) is 5.91 Å². The van der Waals surface area contributed by atoms with Gasteiger partial charge in [-0.15, -0.1) is 0 Å². The molecule has 3 aromatic carbocycles. The number of carbonyl (C=O) groups excluding carboxylic acids is 2. The van der Waals surface area contributed by atoms with E-state index >= 15 is 0 Å². The molecule has 0 heterocycles. The van der Waals surface area contributed by atoms with Crippen LogP contribution in [0.2, 0.25) is 0 Å². The van der Waals surface area contributed by atoms with E-state index in [0.29, 0.717) is 11.3 Å². The molecule has 0 aromatic heterocycles. The molecule has 3 aromatic rings. The number of benzene rings is 3. The lowest BCUT2D eigenvalue weighted by molar-refractivity contribution is -0.137. The minimum absolute atomic E-state index is 0.0171. The molecule has 32 heavy (non-hydrogen) atoms. The van der Waals surface area contributed by atoms with E-state index < -0.39 is 23.8 Å². The topological polar surface area (TPSA) is 122 Å². The van der Waals surface area contributed by atoms with Crippen LogP contribution >= 0.6 is 0 Å². The lowest BCUT2D eigenvalue weighted by atomic mass is 10.0. The average molecular weight is 431 g/mol. The molecule has 0 bridgehead atoms. The van der Waals surface area contributed by atoms with Crippen LogP contribution in [0.4, 0.5) is 5.69 Å². The van der Waals surface area contributed by atoms with Gasteiger partial charge in [0.05, 0.1) is 0 Å². The molecule has 1 atom stereocenters. The summed E-state index contributed by atoms with van der Waals surface area (Å²) in [6.45, 7) is 0.240. The molecule has 0 spiro atoms. The van der Waals surface area contributed by atoms with Gasteiger partial charge in [0, 0.05) is 24.2 Å². The van der Waals surface area contributed by atoms with Crippen molar-refractivity contribution in [3.63, 3.8) is 0 Å². The SMILES string of the molecule is Nc1ccc(CNC(=O)[C@H](CCC(=O)O)NC(=O)c2ccc(-c3ccccc3)cc2)cc1. The van der Waals surface area contributed by atoms with Crippen LogP contribution in [0, 0.1) is 0 Å². The third-order valence-corrected chi connectivity index (χ3v) is 4.97. The van der Waals surface area contributed by atoms with Gasteiger partial charge in [-0.25, -0.2) is 0 Å². The average Bonchev–Trinajstić information content (AvgIpc) is 2.81. The number of hydrogen-bond donors (Lipinski definition) is 4. The molecule has 0 saturated heterocycles. The number of nitrogen functional groups attached to an aromatic ring is 1. The second-order valence-corrected chi connectivity index (χ2v) is 7.36. The highest BCUT2D eigenvalue weighted by Gasteiger charge is 2.22. The number of amides is 2. The number of rotatable bonds is 9. The molecule has 7 nitrogen and oxygen atoms in total. The van der Waals surface area contributed by atoms with Gasteiger partial charge in [0.15, 0.2) is 0 Å². The van der Waals surface area contributed by atoms with Gasteiger partial charge in [0.2, 0.25) is 5.91 Å². The van der Waals surface area contributed by atoms with Crippen molar-refractivity contribution in [3.8, 4) is 11.1 Å². The van der Waals surface area contributed by atoms with Crippen LogP contribution in [0.1, 0.15) is 28.8 Å². The zero-order valence-corrected chi connectivity index (χ0v) is 17.5. The van der Waals surface area contributed by atoms with E-state index in [1.54, 1.807) is 36.4 Å².